The molecule has 1 saturated heterocycles. The molecule has 0 saturated carbocycles. The molecule has 0 aromatic heterocycles. The summed E-state index contributed by atoms with van der Waals surface area (Å²) < 4.78 is 10.9. The van der Waals surface area contributed by atoms with Crippen LogP contribution in [0, 0.1) is 0 Å². The first kappa shape index (κ1) is 23.0. The summed E-state index contributed by atoms with van der Waals surface area (Å²) in [6, 6.07) is 14.2. The molecule has 2 aromatic rings. The van der Waals surface area contributed by atoms with Gasteiger partial charge in [-0.3, -0.25) is 14.6 Å². The third-order valence-corrected chi connectivity index (χ3v) is 7.49. The number of para-hydroxylation sites is 1. The predicted octanol–water partition coefficient (Wildman–Crippen LogP) is 3.74. The SMILES string of the molecule is COc1ccc(OC)c(CN2CCN(CC(=O)N3CCC(C)Sc4ccccc43)CC2)c1. The standard InChI is InChI=1S/C25H33N3O3S/c1-19-10-11-28(22-6-4-5-7-24(22)32-19)25(29)18-27-14-12-26(13-15-27)17-20-16-21(30-2)8-9-23(20)31-3/h4-9,16,19H,10-15,17-18H2,1-3H3. The number of piperazine rings is 1. The van der Waals surface area contributed by atoms with Crippen LogP contribution in [0.15, 0.2) is 47.4 Å². The lowest BCUT2D eigenvalue weighted by molar-refractivity contribution is -0.120. The van der Waals surface area contributed by atoms with Gasteiger partial charge in [-0.15, -0.1) is 11.8 Å². The third kappa shape index (κ3) is 5.39. The fourth-order valence-corrected chi connectivity index (χ4v) is 5.49. The number of ether oxygens (including phenoxy) is 2. The molecule has 2 aromatic carbocycles. The zero-order chi connectivity index (χ0) is 22.5. The number of benzene rings is 2. The van der Waals surface area contributed by atoms with E-state index < -0.39 is 0 Å². The molecule has 1 fully saturated rings. The molecule has 1 amide bonds. The van der Waals surface area contributed by atoms with E-state index in [0.717, 1.165) is 68.4 Å². The van der Waals surface area contributed by atoms with Gasteiger partial charge < -0.3 is 14.4 Å². The van der Waals surface area contributed by atoms with E-state index in [4.69, 9.17) is 9.47 Å². The Balaban J connectivity index is 1.34. The van der Waals surface area contributed by atoms with Crippen LogP contribution in [0.5, 0.6) is 11.5 Å². The minimum absolute atomic E-state index is 0.204. The van der Waals surface area contributed by atoms with E-state index in [9.17, 15) is 4.79 Å². The van der Waals surface area contributed by atoms with Crippen molar-refractivity contribution in [2.24, 2.45) is 0 Å². The Bertz CT molecular complexity index is 930. The maximum absolute atomic E-state index is 13.2. The summed E-state index contributed by atoms with van der Waals surface area (Å²) in [6.07, 6.45) is 1.02. The largest absolute Gasteiger partial charge is 0.497 e. The van der Waals surface area contributed by atoms with Gasteiger partial charge in [-0.2, -0.15) is 0 Å². The Hall–Kier alpha value is -2.22. The van der Waals surface area contributed by atoms with Crippen LogP contribution in [-0.2, 0) is 11.3 Å². The second-order valence-corrected chi connectivity index (χ2v) is 9.94. The summed E-state index contributed by atoms with van der Waals surface area (Å²) in [7, 11) is 3.39. The number of anilines is 1. The molecule has 0 aliphatic carbocycles. The van der Waals surface area contributed by atoms with Gasteiger partial charge >= 0.3 is 0 Å². The molecular weight excluding hydrogens is 422 g/mol. The second-order valence-electron chi connectivity index (χ2n) is 8.46. The van der Waals surface area contributed by atoms with E-state index in [-0.39, 0.29) is 5.91 Å². The van der Waals surface area contributed by atoms with Crippen molar-refractivity contribution in [3.05, 3.63) is 48.0 Å². The maximum atomic E-state index is 13.2. The number of rotatable bonds is 6. The van der Waals surface area contributed by atoms with Crippen molar-refractivity contribution in [2.45, 2.75) is 30.0 Å². The Labute approximate surface area is 195 Å². The first-order valence-electron chi connectivity index (χ1n) is 11.3. The van der Waals surface area contributed by atoms with Crippen molar-refractivity contribution in [2.75, 3.05) is 58.4 Å². The molecular formula is C25H33N3O3S. The fraction of sp³-hybridized carbons (Fsp3) is 0.480. The van der Waals surface area contributed by atoms with Gasteiger partial charge in [0.15, 0.2) is 0 Å². The number of hydrogen-bond donors (Lipinski definition) is 0. The van der Waals surface area contributed by atoms with Gasteiger partial charge in [0.05, 0.1) is 26.5 Å². The summed E-state index contributed by atoms with van der Waals surface area (Å²) in [5, 5.41) is 0.520. The monoisotopic (exact) mass is 455 g/mol. The number of amides is 1. The van der Waals surface area contributed by atoms with Crippen LogP contribution in [0.25, 0.3) is 0 Å². The van der Waals surface area contributed by atoms with E-state index >= 15 is 0 Å². The van der Waals surface area contributed by atoms with Crippen molar-refractivity contribution >= 4 is 23.4 Å². The van der Waals surface area contributed by atoms with Gasteiger partial charge in [-0.25, -0.2) is 0 Å². The van der Waals surface area contributed by atoms with E-state index in [2.05, 4.69) is 34.9 Å². The number of carbonyl (C=O) groups is 1. The van der Waals surface area contributed by atoms with Crippen LogP contribution in [-0.4, -0.2) is 74.4 Å². The number of thioether (sulfide) groups is 1. The van der Waals surface area contributed by atoms with Gasteiger partial charge in [-0.05, 0) is 36.8 Å². The number of methoxy groups -OCH3 is 2. The Morgan fingerprint density at radius 2 is 1.75 bits per heavy atom. The minimum Gasteiger partial charge on any atom is -0.497 e. The smallest absolute Gasteiger partial charge is 0.241 e. The van der Waals surface area contributed by atoms with Crippen LogP contribution in [0.3, 0.4) is 0 Å². The molecule has 0 radical (unpaired) electrons. The molecule has 2 heterocycles. The van der Waals surface area contributed by atoms with E-state index in [0.29, 0.717) is 11.8 Å². The zero-order valence-electron chi connectivity index (χ0n) is 19.3. The molecule has 4 rings (SSSR count). The molecule has 172 valence electrons. The molecule has 2 aliphatic heterocycles. The highest BCUT2D eigenvalue weighted by Crippen LogP contribution is 2.37. The van der Waals surface area contributed by atoms with Crippen LogP contribution in [0.4, 0.5) is 5.69 Å². The predicted molar refractivity (Wildman–Crippen MR) is 130 cm³/mol. The van der Waals surface area contributed by atoms with Gasteiger partial charge in [0.25, 0.3) is 0 Å². The lowest BCUT2D eigenvalue weighted by Gasteiger charge is -2.35. The molecule has 32 heavy (non-hydrogen) atoms. The third-order valence-electron chi connectivity index (χ3n) is 6.25. The first-order valence-corrected chi connectivity index (χ1v) is 12.2. The highest BCUT2D eigenvalue weighted by Gasteiger charge is 2.27. The van der Waals surface area contributed by atoms with Crippen molar-refractivity contribution in [1.29, 1.82) is 0 Å². The van der Waals surface area contributed by atoms with E-state index in [1.54, 1.807) is 14.2 Å². The summed E-state index contributed by atoms with van der Waals surface area (Å²) in [5.74, 6) is 1.93. The topological polar surface area (TPSA) is 45.3 Å². The average Bonchev–Trinajstić information content (AvgIpc) is 2.98. The molecule has 0 N–H and O–H groups in total. The highest BCUT2D eigenvalue weighted by molar-refractivity contribution is 8.00. The van der Waals surface area contributed by atoms with Gasteiger partial charge in [0.2, 0.25) is 5.91 Å². The number of fused-ring (bicyclic) bond motifs is 1. The Kier molecular flexibility index (Phi) is 7.60. The van der Waals surface area contributed by atoms with E-state index in [1.165, 1.54) is 4.90 Å². The second kappa shape index (κ2) is 10.6. The zero-order valence-corrected chi connectivity index (χ0v) is 20.1. The van der Waals surface area contributed by atoms with Crippen LogP contribution < -0.4 is 14.4 Å². The summed E-state index contributed by atoms with van der Waals surface area (Å²) in [5.41, 5.74) is 2.19. The quantitative estimate of drug-likeness (QED) is 0.661. The average molecular weight is 456 g/mol. The lowest BCUT2D eigenvalue weighted by atomic mass is 10.1. The molecule has 6 nitrogen and oxygen atoms in total. The Morgan fingerprint density at radius 3 is 2.50 bits per heavy atom. The van der Waals surface area contributed by atoms with Gasteiger partial charge in [0, 0.05) is 55.0 Å². The molecule has 2 aliphatic rings. The van der Waals surface area contributed by atoms with Gasteiger partial charge in [0.1, 0.15) is 11.5 Å². The Morgan fingerprint density at radius 1 is 1.00 bits per heavy atom. The van der Waals surface area contributed by atoms with Crippen LogP contribution in [0.2, 0.25) is 0 Å². The van der Waals surface area contributed by atoms with Crippen molar-refractivity contribution in [3.8, 4) is 11.5 Å². The van der Waals surface area contributed by atoms with Crippen molar-refractivity contribution in [3.63, 3.8) is 0 Å². The number of carbonyl (C=O) groups excluding carboxylic acids is 1. The van der Waals surface area contributed by atoms with Crippen LogP contribution in [0.1, 0.15) is 18.9 Å². The maximum Gasteiger partial charge on any atom is 0.241 e. The summed E-state index contributed by atoms with van der Waals surface area (Å²) in [6.45, 7) is 7.96. The normalized spacial score (nSPS) is 19.8. The van der Waals surface area contributed by atoms with Crippen LogP contribution >= 0.6 is 11.8 Å². The number of nitrogens with zero attached hydrogens (tertiary/aromatic N) is 3. The molecule has 0 bridgehead atoms. The fourth-order valence-electron chi connectivity index (χ4n) is 4.37. The van der Waals surface area contributed by atoms with Crippen molar-refractivity contribution < 1.29 is 14.3 Å². The minimum atomic E-state index is 0.204. The lowest BCUT2D eigenvalue weighted by Crippen LogP contribution is -2.50. The molecule has 1 atom stereocenters. The molecule has 1 unspecified atom stereocenters. The van der Waals surface area contributed by atoms with E-state index in [1.807, 2.05) is 40.9 Å². The molecule has 7 heteroatoms. The summed E-state index contributed by atoms with van der Waals surface area (Å²) in [4.78, 5) is 21.2. The van der Waals surface area contributed by atoms with Gasteiger partial charge in [-0.1, -0.05) is 19.1 Å². The highest BCUT2D eigenvalue weighted by atomic mass is 32.2. The van der Waals surface area contributed by atoms with Crippen molar-refractivity contribution in [1.82, 2.24) is 9.80 Å². The first-order chi connectivity index (χ1) is 15.6. The molecule has 0 spiro atoms. The number of hydrogen-bond acceptors (Lipinski definition) is 6. The summed E-state index contributed by atoms with van der Waals surface area (Å²) >= 11 is 1.87.